The van der Waals surface area contributed by atoms with Crippen LogP contribution in [0.4, 0.5) is 0 Å². The lowest BCUT2D eigenvalue weighted by Gasteiger charge is -2.35. The van der Waals surface area contributed by atoms with Crippen LogP contribution in [0, 0.1) is 5.41 Å². The molecule has 0 aromatic heterocycles. The Morgan fingerprint density at radius 1 is 1.28 bits per heavy atom. The lowest BCUT2D eigenvalue weighted by Crippen LogP contribution is -2.44. The summed E-state index contributed by atoms with van der Waals surface area (Å²) in [5.74, 6) is 0. The van der Waals surface area contributed by atoms with E-state index < -0.39 is 0 Å². The number of benzene rings is 1. The molecule has 0 amide bonds. The van der Waals surface area contributed by atoms with Gasteiger partial charge in [0, 0.05) is 19.1 Å². The summed E-state index contributed by atoms with van der Waals surface area (Å²) in [5.41, 5.74) is 9.30. The van der Waals surface area contributed by atoms with Crippen LogP contribution >= 0.6 is 0 Å². The first-order valence-electron chi connectivity index (χ1n) is 7.04. The van der Waals surface area contributed by atoms with Gasteiger partial charge < -0.3 is 5.73 Å². The molecule has 18 heavy (non-hydrogen) atoms. The summed E-state index contributed by atoms with van der Waals surface area (Å²) >= 11 is 0. The molecule has 1 atom stereocenters. The highest BCUT2D eigenvalue weighted by Crippen LogP contribution is 2.25. The summed E-state index contributed by atoms with van der Waals surface area (Å²) < 4.78 is 0. The molecular weight excluding hydrogens is 220 g/mol. The third-order valence-corrected chi connectivity index (χ3v) is 4.30. The van der Waals surface area contributed by atoms with Crippen molar-refractivity contribution in [3.63, 3.8) is 0 Å². The average molecular weight is 246 g/mol. The molecule has 0 fully saturated rings. The average Bonchev–Trinajstić information content (AvgIpc) is 2.49. The molecule has 0 saturated carbocycles. The maximum absolute atomic E-state index is 6.09. The number of aryl methyl sites for hydroxylation is 1. The van der Waals surface area contributed by atoms with Crippen molar-refractivity contribution >= 4 is 0 Å². The number of rotatable bonds is 3. The van der Waals surface area contributed by atoms with Crippen LogP contribution in [0.25, 0.3) is 0 Å². The molecule has 1 aliphatic rings. The second-order valence-electron chi connectivity index (χ2n) is 6.36. The number of hydrogen-bond donors (Lipinski definition) is 1. The molecule has 1 aliphatic heterocycles. The van der Waals surface area contributed by atoms with Crippen LogP contribution in [-0.4, -0.2) is 24.0 Å². The normalized spacial score (nSPS) is 19.1. The van der Waals surface area contributed by atoms with Crippen molar-refractivity contribution in [2.45, 2.75) is 46.2 Å². The molecule has 2 nitrogen and oxygen atoms in total. The third-order valence-electron chi connectivity index (χ3n) is 4.30. The van der Waals surface area contributed by atoms with E-state index in [9.17, 15) is 0 Å². The van der Waals surface area contributed by atoms with Gasteiger partial charge in [-0.25, -0.2) is 0 Å². The molecule has 0 spiro atoms. The zero-order valence-electron chi connectivity index (χ0n) is 11.9. The summed E-state index contributed by atoms with van der Waals surface area (Å²) in [5, 5.41) is 0. The SMILES string of the molecule is CC(N)C(C)(C)CN1CCCc2ccccc2C1. The van der Waals surface area contributed by atoms with Crippen molar-refractivity contribution in [2.24, 2.45) is 11.1 Å². The predicted octanol–water partition coefficient (Wildman–Crippen LogP) is 2.81. The second kappa shape index (κ2) is 5.41. The van der Waals surface area contributed by atoms with Crippen molar-refractivity contribution in [1.29, 1.82) is 0 Å². The Labute approximate surface area is 111 Å². The van der Waals surface area contributed by atoms with Crippen LogP contribution in [0.15, 0.2) is 24.3 Å². The van der Waals surface area contributed by atoms with Crippen molar-refractivity contribution in [3.8, 4) is 0 Å². The highest BCUT2D eigenvalue weighted by Gasteiger charge is 2.26. The summed E-state index contributed by atoms with van der Waals surface area (Å²) in [6, 6.07) is 9.08. The van der Waals surface area contributed by atoms with Crippen LogP contribution in [-0.2, 0) is 13.0 Å². The summed E-state index contributed by atoms with van der Waals surface area (Å²) in [4.78, 5) is 2.56. The van der Waals surface area contributed by atoms with Crippen LogP contribution < -0.4 is 5.73 Å². The van der Waals surface area contributed by atoms with Gasteiger partial charge in [-0.05, 0) is 42.9 Å². The largest absolute Gasteiger partial charge is 0.327 e. The third kappa shape index (κ3) is 3.12. The van der Waals surface area contributed by atoms with E-state index in [-0.39, 0.29) is 11.5 Å². The maximum Gasteiger partial charge on any atom is 0.0236 e. The van der Waals surface area contributed by atoms with E-state index in [1.807, 2.05) is 0 Å². The van der Waals surface area contributed by atoms with E-state index in [2.05, 4.69) is 49.9 Å². The minimum atomic E-state index is 0.180. The molecule has 2 heteroatoms. The van der Waals surface area contributed by atoms with Crippen LogP contribution in [0.1, 0.15) is 38.3 Å². The molecule has 2 N–H and O–H groups in total. The van der Waals surface area contributed by atoms with Crippen LogP contribution in [0.5, 0.6) is 0 Å². The van der Waals surface area contributed by atoms with Crippen LogP contribution in [0.2, 0.25) is 0 Å². The standard InChI is InChI=1S/C16H26N2/c1-13(17)16(2,3)12-18-10-6-9-14-7-4-5-8-15(14)11-18/h4-5,7-8,13H,6,9-12,17H2,1-3H3. The van der Waals surface area contributed by atoms with E-state index in [1.54, 1.807) is 0 Å². The molecular formula is C16H26N2. The zero-order valence-corrected chi connectivity index (χ0v) is 11.9. The molecule has 2 rings (SSSR count). The lowest BCUT2D eigenvalue weighted by molar-refractivity contribution is 0.153. The van der Waals surface area contributed by atoms with Gasteiger partial charge in [-0.1, -0.05) is 38.1 Å². The first-order chi connectivity index (χ1) is 8.49. The van der Waals surface area contributed by atoms with Crippen molar-refractivity contribution in [1.82, 2.24) is 4.90 Å². The van der Waals surface area contributed by atoms with Crippen LogP contribution in [0.3, 0.4) is 0 Å². The molecule has 0 aliphatic carbocycles. The van der Waals surface area contributed by atoms with Gasteiger partial charge in [0.1, 0.15) is 0 Å². The zero-order chi connectivity index (χ0) is 13.2. The lowest BCUT2D eigenvalue weighted by atomic mass is 9.85. The van der Waals surface area contributed by atoms with Gasteiger partial charge in [-0.15, -0.1) is 0 Å². The fourth-order valence-corrected chi connectivity index (χ4v) is 2.62. The molecule has 1 aromatic carbocycles. The molecule has 0 bridgehead atoms. The monoisotopic (exact) mass is 246 g/mol. The van der Waals surface area contributed by atoms with Gasteiger partial charge in [-0.2, -0.15) is 0 Å². The molecule has 0 saturated heterocycles. The van der Waals surface area contributed by atoms with Gasteiger partial charge >= 0.3 is 0 Å². The van der Waals surface area contributed by atoms with Crippen molar-refractivity contribution < 1.29 is 0 Å². The molecule has 1 aromatic rings. The fourth-order valence-electron chi connectivity index (χ4n) is 2.62. The number of fused-ring (bicyclic) bond motifs is 1. The quantitative estimate of drug-likeness (QED) is 0.888. The van der Waals surface area contributed by atoms with Crippen molar-refractivity contribution in [2.75, 3.05) is 13.1 Å². The Morgan fingerprint density at radius 3 is 2.61 bits per heavy atom. The summed E-state index contributed by atoms with van der Waals surface area (Å²) in [6.45, 7) is 10.0. The van der Waals surface area contributed by atoms with E-state index in [0.717, 1.165) is 13.1 Å². The Morgan fingerprint density at radius 2 is 1.94 bits per heavy atom. The molecule has 1 heterocycles. The van der Waals surface area contributed by atoms with E-state index in [1.165, 1.54) is 30.5 Å². The van der Waals surface area contributed by atoms with Gasteiger partial charge in [0.05, 0.1) is 0 Å². The second-order valence-corrected chi connectivity index (χ2v) is 6.36. The van der Waals surface area contributed by atoms with E-state index in [0.29, 0.717) is 0 Å². The summed E-state index contributed by atoms with van der Waals surface area (Å²) in [7, 11) is 0. The summed E-state index contributed by atoms with van der Waals surface area (Å²) in [6.07, 6.45) is 2.47. The highest BCUT2D eigenvalue weighted by atomic mass is 15.1. The Kier molecular flexibility index (Phi) is 4.08. The Balaban J connectivity index is 2.09. The number of nitrogens with zero attached hydrogens (tertiary/aromatic N) is 1. The predicted molar refractivity (Wildman–Crippen MR) is 77.5 cm³/mol. The first kappa shape index (κ1) is 13.6. The van der Waals surface area contributed by atoms with Gasteiger partial charge in [-0.3, -0.25) is 4.90 Å². The number of nitrogens with two attached hydrogens (primary N) is 1. The molecule has 1 unspecified atom stereocenters. The van der Waals surface area contributed by atoms with E-state index in [4.69, 9.17) is 5.73 Å². The first-order valence-corrected chi connectivity index (χ1v) is 7.04. The maximum atomic E-state index is 6.09. The molecule has 0 radical (unpaired) electrons. The minimum absolute atomic E-state index is 0.180. The van der Waals surface area contributed by atoms with E-state index >= 15 is 0 Å². The number of hydrogen-bond acceptors (Lipinski definition) is 2. The topological polar surface area (TPSA) is 29.3 Å². The highest BCUT2D eigenvalue weighted by molar-refractivity contribution is 5.28. The fraction of sp³-hybridized carbons (Fsp3) is 0.625. The Hall–Kier alpha value is -0.860. The van der Waals surface area contributed by atoms with Gasteiger partial charge in [0.25, 0.3) is 0 Å². The van der Waals surface area contributed by atoms with Gasteiger partial charge in [0.2, 0.25) is 0 Å². The smallest absolute Gasteiger partial charge is 0.0236 e. The molecule has 100 valence electrons. The van der Waals surface area contributed by atoms with Crippen molar-refractivity contribution in [3.05, 3.63) is 35.4 Å². The van der Waals surface area contributed by atoms with Gasteiger partial charge in [0.15, 0.2) is 0 Å². The Bertz CT molecular complexity index is 396. The minimum Gasteiger partial charge on any atom is -0.327 e.